The summed E-state index contributed by atoms with van der Waals surface area (Å²) in [4.78, 5) is 53.5. The lowest BCUT2D eigenvalue weighted by Crippen LogP contribution is -2.63. The molecule has 3 saturated carbocycles. The Morgan fingerprint density at radius 3 is 2.32 bits per heavy atom. The van der Waals surface area contributed by atoms with Crippen molar-refractivity contribution in [3.8, 4) is 6.07 Å². The largest absolute Gasteiger partial charge is 0.469 e. The Kier molecular flexibility index (Phi) is 5.74. The Hall–Kier alpha value is -2.75. The van der Waals surface area contributed by atoms with E-state index in [0.29, 0.717) is 19.3 Å². The van der Waals surface area contributed by atoms with Crippen molar-refractivity contribution < 1.29 is 23.9 Å². The molecule has 5 aliphatic carbocycles. The molecule has 204 valence electrons. The smallest absolute Gasteiger partial charge is 0.312 e. The second-order valence-corrected chi connectivity index (χ2v) is 14.1. The number of hydrogen-bond donors (Lipinski definition) is 1. The zero-order chi connectivity index (χ0) is 28.1. The molecule has 0 heterocycles. The van der Waals surface area contributed by atoms with Gasteiger partial charge in [-0.2, -0.15) is 5.26 Å². The minimum absolute atomic E-state index is 0.0182. The highest BCUT2D eigenvalue weighted by Crippen LogP contribution is 2.70. The molecule has 0 bridgehead atoms. The van der Waals surface area contributed by atoms with E-state index in [4.69, 9.17) is 10.5 Å². The minimum Gasteiger partial charge on any atom is -0.469 e. The first-order valence-electron chi connectivity index (χ1n) is 13.9. The van der Waals surface area contributed by atoms with Crippen LogP contribution in [0, 0.1) is 62.1 Å². The normalized spacial score (nSPS) is 45.2. The van der Waals surface area contributed by atoms with Crippen molar-refractivity contribution in [1.82, 2.24) is 0 Å². The summed E-state index contributed by atoms with van der Waals surface area (Å²) in [6.45, 7) is 10.2. The molecule has 0 aromatic heterocycles. The number of hydrogen-bond acceptors (Lipinski definition) is 6. The van der Waals surface area contributed by atoms with E-state index in [-0.39, 0.29) is 45.9 Å². The van der Waals surface area contributed by atoms with Crippen molar-refractivity contribution in [3.63, 3.8) is 0 Å². The molecule has 7 heteroatoms. The second-order valence-electron chi connectivity index (χ2n) is 14.1. The SMILES string of the molecule is COC(=O)[C@@]12CCC3C(C(=O)C=C4[C@@]3(C)CC[C@H]3[C@](C)(C(N)=O)C(=O)C(C#N)=C[C@]43C)C1CC(C)(C)CC2. The lowest BCUT2D eigenvalue weighted by Gasteiger charge is -2.64. The summed E-state index contributed by atoms with van der Waals surface area (Å²) in [6.07, 6.45) is 8.62. The number of esters is 1. The molecule has 2 N–H and O–H groups in total. The number of allylic oxidation sites excluding steroid dienone is 4. The molecule has 0 spiro atoms. The van der Waals surface area contributed by atoms with E-state index in [0.717, 1.165) is 31.3 Å². The minimum atomic E-state index is -1.52. The van der Waals surface area contributed by atoms with E-state index >= 15 is 0 Å². The van der Waals surface area contributed by atoms with Gasteiger partial charge in [-0.25, -0.2) is 0 Å². The maximum absolute atomic E-state index is 14.2. The standard InChI is InChI=1S/C31H40N2O5/c1-27(2)11-12-31(26(37)38-6)10-7-18-23(19(31)15-27)20(34)13-22-28(18,3)9-8-21-29(22,4)14-17(16-32)24(35)30(21,5)25(33)36/h13-14,18-19,21,23H,7-12,15H2,1-6H3,(H2,33,36)/t18?,19?,21-,23?,28+,29+,30+,31-/m1/s1. The monoisotopic (exact) mass is 520 g/mol. The second kappa shape index (κ2) is 8.13. The van der Waals surface area contributed by atoms with E-state index in [2.05, 4.69) is 20.8 Å². The van der Waals surface area contributed by atoms with Crippen molar-refractivity contribution in [2.24, 2.45) is 56.5 Å². The number of amides is 1. The lowest BCUT2D eigenvalue weighted by atomic mass is 9.38. The summed E-state index contributed by atoms with van der Waals surface area (Å²) in [5, 5.41) is 9.84. The van der Waals surface area contributed by atoms with Gasteiger partial charge in [0.05, 0.1) is 18.1 Å². The average Bonchev–Trinajstić information content (AvgIpc) is 2.86. The van der Waals surface area contributed by atoms with Crippen LogP contribution in [0.3, 0.4) is 0 Å². The number of carbonyl (C=O) groups is 4. The van der Waals surface area contributed by atoms with Crippen molar-refractivity contribution in [2.75, 3.05) is 7.11 Å². The van der Waals surface area contributed by atoms with Crippen LogP contribution in [-0.2, 0) is 23.9 Å². The number of Topliss-reactive ketones (excluding diaryl/α,β-unsaturated/α-hetero) is 1. The van der Waals surface area contributed by atoms with Crippen LogP contribution in [0.4, 0.5) is 0 Å². The number of ketones is 2. The Morgan fingerprint density at radius 2 is 1.71 bits per heavy atom. The predicted molar refractivity (Wildman–Crippen MR) is 140 cm³/mol. The van der Waals surface area contributed by atoms with Crippen molar-refractivity contribution in [1.29, 1.82) is 5.26 Å². The molecule has 3 unspecified atom stereocenters. The molecule has 0 aromatic carbocycles. The summed E-state index contributed by atoms with van der Waals surface area (Å²) in [6, 6.07) is 2.01. The quantitative estimate of drug-likeness (QED) is 0.423. The molecular weight excluding hydrogens is 480 g/mol. The number of carbonyl (C=O) groups excluding carboxylic acids is 4. The summed E-state index contributed by atoms with van der Waals surface area (Å²) in [5.41, 5.74) is 3.34. The number of primary amides is 1. The first kappa shape index (κ1) is 26.8. The number of nitrogens with two attached hydrogens (primary N) is 1. The Bertz CT molecular complexity index is 1260. The van der Waals surface area contributed by atoms with Crippen LogP contribution < -0.4 is 5.73 Å². The lowest BCUT2D eigenvalue weighted by molar-refractivity contribution is -0.178. The van der Waals surface area contributed by atoms with Gasteiger partial charge < -0.3 is 10.5 Å². The van der Waals surface area contributed by atoms with Crippen LogP contribution in [0.2, 0.25) is 0 Å². The third-order valence-electron chi connectivity index (χ3n) is 11.9. The zero-order valence-corrected chi connectivity index (χ0v) is 23.5. The van der Waals surface area contributed by atoms with Gasteiger partial charge in [-0.3, -0.25) is 19.2 Å². The number of nitrogens with zero attached hydrogens (tertiary/aromatic N) is 1. The van der Waals surface area contributed by atoms with Crippen LogP contribution in [0.25, 0.3) is 0 Å². The first-order valence-corrected chi connectivity index (χ1v) is 13.9. The van der Waals surface area contributed by atoms with Gasteiger partial charge in [0.25, 0.3) is 0 Å². The molecule has 0 radical (unpaired) electrons. The summed E-state index contributed by atoms with van der Waals surface area (Å²) < 4.78 is 5.35. The third kappa shape index (κ3) is 3.18. The molecule has 7 nitrogen and oxygen atoms in total. The van der Waals surface area contributed by atoms with E-state index in [1.807, 2.05) is 13.0 Å². The predicted octanol–water partition coefficient (Wildman–Crippen LogP) is 4.45. The zero-order valence-electron chi connectivity index (χ0n) is 23.5. The van der Waals surface area contributed by atoms with Crippen molar-refractivity contribution >= 4 is 23.4 Å². The molecule has 3 fully saturated rings. The molecule has 0 aromatic rings. The number of nitriles is 1. The summed E-state index contributed by atoms with van der Waals surface area (Å²) >= 11 is 0. The fourth-order valence-electron chi connectivity index (χ4n) is 9.83. The Labute approximate surface area is 225 Å². The highest BCUT2D eigenvalue weighted by atomic mass is 16.5. The third-order valence-corrected chi connectivity index (χ3v) is 11.9. The summed E-state index contributed by atoms with van der Waals surface area (Å²) in [5.74, 6) is -2.22. The van der Waals surface area contributed by atoms with Crippen molar-refractivity contribution in [2.45, 2.75) is 79.6 Å². The fraction of sp³-hybridized carbons (Fsp3) is 0.710. The summed E-state index contributed by atoms with van der Waals surface area (Å²) in [7, 11) is 1.45. The number of methoxy groups -OCH3 is 1. The van der Waals surface area contributed by atoms with Gasteiger partial charge in [-0.1, -0.05) is 39.3 Å². The average molecular weight is 521 g/mol. The van der Waals surface area contributed by atoms with Crippen molar-refractivity contribution in [3.05, 3.63) is 23.3 Å². The van der Waals surface area contributed by atoms with Gasteiger partial charge in [-0.05, 0) is 86.5 Å². The Morgan fingerprint density at radius 1 is 1.03 bits per heavy atom. The molecule has 1 amide bonds. The van der Waals surface area contributed by atoms with Gasteiger partial charge in [0.1, 0.15) is 11.5 Å². The van der Waals surface area contributed by atoms with Crippen LogP contribution in [-0.4, -0.2) is 30.6 Å². The highest BCUT2D eigenvalue weighted by Gasteiger charge is 2.68. The molecular formula is C31H40N2O5. The van der Waals surface area contributed by atoms with Gasteiger partial charge in [0.2, 0.25) is 5.91 Å². The molecule has 38 heavy (non-hydrogen) atoms. The van der Waals surface area contributed by atoms with Crippen LogP contribution in [0.1, 0.15) is 79.6 Å². The van der Waals surface area contributed by atoms with E-state index in [9.17, 15) is 24.4 Å². The molecule has 0 aliphatic heterocycles. The first-order chi connectivity index (χ1) is 17.6. The van der Waals surface area contributed by atoms with Gasteiger partial charge in [0.15, 0.2) is 11.6 Å². The highest BCUT2D eigenvalue weighted by molar-refractivity contribution is 6.16. The van der Waals surface area contributed by atoms with Gasteiger partial charge in [-0.15, -0.1) is 0 Å². The Balaban J connectivity index is 1.67. The van der Waals surface area contributed by atoms with Gasteiger partial charge >= 0.3 is 5.97 Å². The fourth-order valence-corrected chi connectivity index (χ4v) is 9.83. The number of ether oxygens (including phenoxy) is 1. The van der Waals surface area contributed by atoms with Gasteiger partial charge in [0, 0.05) is 11.3 Å². The van der Waals surface area contributed by atoms with Crippen LogP contribution >= 0.6 is 0 Å². The molecule has 5 aliphatic rings. The van der Waals surface area contributed by atoms with Crippen LogP contribution in [0.15, 0.2) is 23.3 Å². The van der Waals surface area contributed by atoms with Crippen LogP contribution in [0.5, 0.6) is 0 Å². The van der Waals surface area contributed by atoms with E-state index < -0.39 is 33.9 Å². The molecule has 5 rings (SSSR count). The van der Waals surface area contributed by atoms with E-state index in [1.165, 1.54) is 7.11 Å². The maximum atomic E-state index is 14.2. The maximum Gasteiger partial charge on any atom is 0.312 e. The molecule has 8 atom stereocenters. The number of rotatable bonds is 2. The number of fused-ring (bicyclic) bond motifs is 7. The molecule has 0 saturated heterocycles. The topological polar surface area (TPSA) is 127 Å². The van der Waals surface area contributed by atoms with E-state index in [1.54, 1.807) is 19.1 Å².